The van der Waals surface area contributed by atoms with E-state index in [9.17, 15) is 10.0 Å². The van der Waals surface area contributed by atoms with Gasteiger partial charge in [-0.15, -0.1) is 0 Å². The predicted octanol–water partition coefficient (Wildman–Crippen LogP) is 2.15. The van der Waals surface area contributed by atoms with Gasteiger partial charge in [-0.25, -0.2) is 5.21 Å². The Morgan fingerprint density at radius 1 is 1.26 bits per heavy atom. The summed E-state index contributed by atoms with van der Waals surface area (Å²) in [7, 11) is 0. The summed E-state index contributed by atoms with van der Waals surface area (Å²) in [5.41, 5.74) is 1.83. The average Bonchev–Trinajstić information content (AvgIpc) is 3.03. The molecule has 2 heterocycles. The smallest absolute Gasteiger partial charge is 0.229 e. The fourth-order valence-corrected chi connectivity index (χ4v) is 3.57. The van der Waals surface area contributed by atoms with Crippen molar-refractivity contribution in [1.29, 1.82) is 0 Å². The van der Waals surface area contributed by atoms with Crippen LogP contribution >= 0.6 is 11.6 Å². The molecule has 0 radical (unpaired) electrons. The number of amides is 1. The molecule has 0 aromatic heterocycles. The molecule has 0 aliphatic carbocycles. The number of hydrogen-bond donors (Lipinski definition) is 3. The summed E-state index contributed by atoms with van der Waals surface area (Å²) < 4.78 is 0. The van der Waals surface area contributed by atoms with Crippen LogP contribution in [0.1, 0.15) is 18.4 Å². The third-order valence-corrected chi connectivity index (χ3v) is 4.73. The van der Waals surface area contributed by atoms with Crippen molar-refractivity contribution < 1.29 is 15.2 Å². The topological polar surface area (TPSA) is 80.1 Å². The van der Waals surface area contributed by atoms with Crippen molar-refractivity contribution >= 4 is 34.6 Å². The number of carbonyl (C=O) groups excluding carboxylic acids is 1. The van der Waals surface area contributed by atoms with E-state index in [-0.39, 0.29) is 11.6 Å². The van der Waals surface area contributed by atoms with E-state index in [1.165, 1.54) is 6.07 Å². The van der Waals surface area contributed by atoms with Crippen molar-refractivity contribution in [2.75, 3.05) is 10.2 Å². The van der Waals surface area contributed by atoms with Gasteiger partial charge in [-0.2, -0.15) is 5.23 Å². The maximum atomic E-state index is 12.4. The second-order valence-corrected chi connectivity index (χ2v) is 6.19. The third-order valence-electron chi connectivity index (χ3n) is 4.48. The number of fused-ring (bicyclic) bond motifs is 3. The van der Waals surface area contributed by atoms with Crippen LogP contribution in [-0.4, -0.2) is 11.1 Å². The van der Waals surface area contributed by atoms with E-state index in [4.69, 9.17) is 16.8 Å². The Bertz CT molecular complexity index is 794. The van der Waals surface area contributed by atoms with Gasteiger partial charge < -0.3 is 10.5 Å². The van der Waals surface area contributed by atoms with Crippen molar-refractivity contribution in [3.05, 3.63) is 58.3 Å². The van der Waals surface area contributed by atoms with Crippen LogP contribution in [0.25, 0.3) is 0 Å². The molecular weight excluding hydrogens is 318 g/mol. The first-order valence-electron chi connectivity index (χ1n) is 7.26. The molecule has 2 aromatic carbocycles. The lowest BCUT2D eigenvalue weighted by atomic mass is 9.97. The van der Waals surface area contributed by atoms with Gasteiger partial charge in [0.05, 0.1) is 11.4 Å². The Morgan fingerprint density at radius 3 is 2.70 bits per heavy atom. The third kappa shape index (κ3) is 2.04. The molecule has 2 aromatic rings. The quantitative estimate of drug-likeness (QED) is 0.737. The van der Waals surface area contributed by atoms with E-state index in [1.807, 2.05) is 12.1 Å². The predicted molar refractivity (Wildman–Crippen MR) is 85.7 cm³/mol. The van der Waals surface area contributed by atoms with Gasteiger partial charge in [-0.1, -0.05) is 23.7 Å². The van der Waals surface area contributed by atoms with Gasteiger partial charge in [0, 0.05) is 30.0 Å². The highest BCUT2D eigenvalue weighted by atomic mass is 35.5. The summed E-state index contributed by atoms with van der Waals surface area (Å²) in [6.45, 7) is 0. The Labute approximate surface area is 137 Å². The molecule has 6 nitrogen and oxygen atoms in total. The Balaban J connectivity index is 1.85. The van der Waals surface area contributed by atoms with Crippen LogP contribution in [0, 0.1) is 5.21 Å². The number of nitrogens with one attached hydrogen (secondary N) is 2. The normalized spacial score (nSPS) is 23.4. The molecule has 2 unspecified atom stereocenters. The van der Waals surface area contributed by atoms with Crippen molar-refractivity contribution in [3.63, 3.8) is 0 Å². The van der Waals surface area contributed by atoms with Crippen LogP contribution in [0.4, 0.5) is 17.1 Å². The fourth-order valence-electron chi connectivity index (χ4n) is 3.44. The number of hydrogen-bond acceptors (Lipinski definition) is 4. The minimum absolute atomic E-state index is 0.0225. The average molecular weight is 332 g/mol. The largest absolute Gasteiger partial charge is 0.595 e. The van der Waals surface area contributed by atoms with E-state index in [1.54, 1.807) is 29.2 Å². The number of rotatable bonds is 2. The summed E-state index contributed by atoms with van der Waals surface area (Å²) >= 11 is 5.97. The molecule has 0 bridgehead atoms. The van der Waals surface area contributed by atoms with Gasteiger partial charge in [0.15, 0.2) is 5.69 Å². The van der Waals surface area contributed by atoms with Crippen molar-refractivity contribution in [2.45, 2.75) is 18.5 Å². The standard InChI is InChI=1S/C16H14ClN3O3/c17-11-3-1-10(2-4-11)16-8-7-15(21)19(16)14-6-5-12(20(22)23)9-13(14)18-16/h1-6,9,18,20,22H,7-8H2. The minimum Gasteiger partial charge on any atom is -0.595 e. The van der Waals surface area contributed by atoms with Gasteiger partial charge in [0.1, 0.15) is 5.66 Å². The molecule has 2 atom stereocenters. The molecule has 1 fully saturated rings. The summed E-state index contributed by atoms with van der Waals surface area (Å²) in [6.07, 6.45) is 1.06. The van der Waals surface area contributed by atoms with Crippen LogP contribution in [0.5, 0.6) is 0 Å². The summed E-state index contributed by atoms with van der Waals surface area (Å²) in [5.74, 6) is 0.0225. The lowest BCUT2D eigenvalue weighted by Crippen LogP contribution is -2.99. The van der Waals surface area contributed by atoms with Gasteiger partial charge >= 0.3 is 0 Å². The molecule has 1 saturated heterocycles. The molecule has 1 amide bonds. The SMILES string of the molecule is O=C1CCC2(c3ccc(Cl)cc3)Nc3cc([NH+]([O-])O)ccc3N12. The summed E-state index contributed by atoms with van der Waals surface area (Å²) in [5, 5.41) is 23.3. The molecule has 3 N–H and O–H groups in total. The molecule has 2 aliphatic rings. The number of nitrogens with zero attached hydrogens (tertiary/aromatic N) is 1. The zero-order valence-electron chi connectivity index (χ0n) is 12.0. The van der Waals surface area contributed by atoms with Gasteiger partial charge in [0.2, 0.25) is 5.91 Å². The Morgan fingerprint density at radius 2 is 2.00 bits per heavy atom. The van der Waals surface area contributed by atoms with E-state index < -0.39 is 10.9 Å². The number of anilines is 2. The van der Waals surface area contributed by atoms with Crippen molar-refractivity contribution in [3.8, 4) is 0 Å². The molecule has 0 spiro atoms. The molecule has 7 heteroatoms. The highest BCUT2D eigenvalue weighted by Gasteiger charge is 2.52. The molecule has 2 aliphatic heterocycles. The first-order chi connectivity index (χ1) is 11.0. The number of carbonyl (C=O) groups is 1. The van der Waals surface area contributed by atoms with Crippen molar-refractivity contribution in [1.82, 2.24) is 0 Å². The second-order valence-electron chi connectivity index (χ2n) is 5.76. The second kappa shape index (κ2) is 4.94. The Hall–Kier alpha value is -2.12. The van der Waals surface area contributed by atoms with Crippen LogP contribution in [0.3, 0.4) is 0 Å². The lowest BCUT2D eigenvalue weighted by molar-refractivity contribution is -0.991. The molecule has 0 saturated carbocycles. The van der Waals surface area contributed by atoms with Gasteiger partial charge in [-0.05, 0) is 23.8 Å². The molecule has 4 rings (SSSR count). The van der Waals surface area contributed by atoms with E-state index >= 15 is 0 Å². The first-order valence-corrected chi connectivity index (χ1v) is 7.64. The van der Waals surface area contributed by atoms with Crippen LogP contribution in [-0.2, 0) is 10.5 Å². The number of benzene rings is 2. The van der Waals surface area contributed by atoms with Crippen LogP contribution < -0.4 is 15.4 Å². The number of quaternary nitrogens is 1. The maximum Gasteiger partial charge on any atom is 0.229 e. The monoisotopic (exact) mass is 331 g/mol. The van der Waals surface area contributed by atoms with E-state index in [2.05, 4.69) is 5.32 Å². The van der Waals surface area contributed by atoms with E-state index in [0.717, 1.165) is 5.56 Å². The summed E-state index contributed by atoms with van der Waals surface area (Å²) in [6, 6.07) is 12.1. The van der Waals surface area contributed by atoms with E-state index in [0.29, 0.717) is 29.2 Å². The highest BCUT2D eigenvalue weighted by Crippen LogP contribution is 2.51. The van der Waals surface area contributed by atoms with Crippen molar-refractivity contribution in [2.24, 2.45) is 0 Å². The maximum absolute atomic E-state index is 12.4. The minimum atomic E-state index is -0.992. The fraction of sp³-hybridized carbons (Fsp3) is 0.188. The van der Waals surface area contributed by atoms with Gasteiger partial charge in [-0.3, -0.25) is 9.69 Å². The summed E-state index contributed by atoms with van der Waals surface area (Å²) in [4.78, 5) is 14.2. The zero-order valence-corrected chi connectivity index (χ0v) is 12.8. The Kier molecular flexibility index (Phi) is 3.11. The van der Waals surface area contributed by atoms with Crippen LogP contribution in [0.2, 0.25) is 5.02 Å². The zero-order chi connectivity index (χ0) is 16.2. The highest BCUT2D eigenvalue weighted by molar-refractivity contribution is 6.30. The first kappa shape index (κ1) is 14.5. The number of halogens is 1. The lowest BCUT2D eigenvalue weighted by Gasteiger charge is -2.33. The molecule has 118 valence electrons. The molecular formula is C16H14ClN3O3. The molecule has 23 heavy (non-hydrogen) atoms. The van der Waals surface area contributed by atoms with Gasteiger partial charge in [0.25, 0.3) is 0 Å². The van der Waals surface area contributed by atoms with Crippen LogP contribution in [0.15, 0.2) is 42.5 Å².